The molecule has 1 atom stereocenters. The lowest BCUT2D eigenvalue weighted by Crippen LogP contribution is -2.37. The first-order chi connectivity index (χ1) is 9.38. The van der Waals surface area contributed by atoms with Gasteiger partial charge in [0.2, 0.25) is 5.91 Å². The minimum absolute atomic E-state index is 0.0420. The third-order valence-corrected chi connectivity index (χ3v) is 2.91. The van der Waals surface area contributed by atoms with Gasteiger partial charge in [-0.05, 0) is 6.92 Å². The third kappa shape index (κ3) is 3.92. The van der Waals surface area contributed by atoms with Gasteiger partial charge in [-0.2, -0.15) is 0 Å². The first-order valence-corrected chi connectivity index (χ1v) is 6.13. The number of hydrogen-bond acceptors (Lipinski definition) is 5. The molecule has 0 spiro atoms. The molecule has 3 N–H and O–H groups in total. The van der Waals surface area contributed by atoms with Crippen LogP contribution in [0.1, 0.15) is 6.92 Å². The standard InChI is InChI=1S/C13H16N2O4S/c1-7(16)11(12(14)17)13(20)15-8-4-9(18-2)6-10(5-8)19-3/h4-6,11H,1-3H3,(H2,14,17)(H,15,20). The quantitative estimate of drug-likeness (QED) is 0.604. The number of nitrogens with one attached hydrogen (secondary N) is 1. The predicted molar refractivity (Wildman–Crippen MR) is 79.1 cm³/mol. The molecule has 1 aromatic rings. The minimum atomic E-state index is -1.15. The largest absolute Gasteiger partial charge is 0.497 e. The van der Waals surface area contributed by atoms with E-state index in [9.17, 15) is 9.59 Å². The molecule has 0 saturated heterocycles. The Morgan fingerprint density at radius 2 is 1.70 bits per heavy atom. The Morgan fingerprint density at radius 1 is 1.20 bits per heavy atom. The number of ether oxygens (including phenoxy) is 2. The van der Waals surface area contributed by atoms with E-state index in [1.54, 1.807) is 18.2 Å². The summed E-state index contributed by atoms with van der Waals surface area (Å²) in [5, 5.41) is 2.80. The zero-order valence-corrected chi connectivity index (χ0v) is 12.2. The summed E-state index contributed by atoms with van der Waals surface area (Å²) in [6.45, 7) is 1.26. The molecular weight excluding hydrogens is 280 g/mol. The molecule has 1 amide bonds. The number of amides is 1. The molecule has 0 aromatic heterocycles. The van der Waals surface area contributed by atoms with E-state index in [1.807, 2.05) is 0 Å². The van der Waals surface area contributed by atoms with Crippen molar-refractivity contribution >= 4 is 34.6 Å². The van der Waals surface area contributed by atoms with E-state index in [1.165, 1.54) is 21.1 Å². The van der Waals surface area contributed by atoms with E-state index in [2.05, 4.69) is 5.32 Å². The summed E-state index contributed by atoms with van der Waals surface area (Å²) in [4.78, 5) is 22.7. The fourth-order valence-corrected chi connectivity index (χ4v) is 2.01. The summed E-state index contributed by atoms with van der Waals surface area (Å²) in [7, 11) is 3.03. The lowest BCUT2D eigenvalue weighted by molar-refractivity contribution is -0.128. The Kier molecular flexibility index (Phi) is 5.45. The van der Waals surface area contributed by atoms with Gasteiger partial charge >= 0.3 is 0 Å². The third-order valence-electron chi connectivity index (χ3n) is 2.57. The zero-order chi connectivity index (χ0) is 15.3. The van der Waals surface area contributed by atoms with Crippen molar-refractivity contribution in [2.75, 3.05) is 19.5 Å². The van der Waals surface area contributed by atoms with Crippen LogP contribution in [0, 0.1) is 5.92 Å². The molecule has 7 heteroatoms. The minimum Gasteiger partial charge on any atom is -0.497 e. The van der Waals surface area contributed by atoms with Crippen LogP contribution in [-0.4, -0.2) is 30.9 Å². The van der Waals surface area contributed by atoms with Crippen LogP contribution >= 0.6 is 12.2 Å². The number of hydrogen-bond donors (Lipinski definition) is 2. The van der Waals surface area contributed by atoms with Gasteiger partial charge in [0.05, 0.1) is 19.2 Å². The van der Waals surface area contributed by atoms with Crippen LogP contribution in [0.3, 0.4) is 0 Å². The predicted octanol–water partition coefficient (Wildman–Crippen LogP) is 1.13. The summed E-state index contributed by atoms with van der Waals surface area (Å²) in [5.74, 6) is -1.25. The van der Waals surface area contributed by atoms with Crippen molar-refractivity contribution in [1.82, 2.24) is 0 Å². The van der Waals surface area contributed by atoms with Gasteiger partial charge < -0.3 is 20.5 Å². The Balaban J connectivity index is 3.00. The molecule has 0 radical (unpaired) electrons. The number of primary amides is 1. The fourth-order valence-electron chi connectivity index (χ4n) is 1.61. The van der Waals surface area contributed by atoms with Gasteiger partial charge in [0.1, 0.15) is 23.2 Å². The van der Waals surface area contributed by atoms with Crippen molar-refractivity contribution in [1.29, 1.82) is 0 Å². The SMILES string of the molecule is COc1cc(NC(=S)C(C(C)=O)C(N)=O)cc(OC)c1. The second kappa shape index (κ2) is 6.85. The van der Waals surface area contributed by atoms with Gasteiger partial charge in [-0.25, -0.2) is 0 Å². The first kappa shape index (κ1) is 15.9. The normalized spacial score (nSPS) is 11.3. The smallest absolute Gasteiger partial charge is 0.234 e. The van der Waals surface area contributed by atoms with Gasteiger partial charge in [0.15, 0.2) is 0 Å². The van der Waals surface area contributed by atoms with Crippen LogP contribution < -0.4 is 20.5 Å². The van der Waals surface area contributed by atoms with Crippen molar-refractivity contribution in [3.8, 4) is 11.5 Å². The summed E-state index contributed by atoms with van der Waals surface area (Å²) in [5.41, 5.74) is 5.71. The van der Waals surface area contributed by atoms with Crippen LogP contribution in [0.25, 0.3) is 0 Å². The van der Waals surface area contributed by atoms with Gasteiger partial charge in [0.25, 0.3) is 0 Å². The first-order valence-electron chi connectivity index (χ1n) is 5.72. The van der Waals surface area contributed by atoms with Gasteiger partial charge in [-0.15, -0.1) is 0 Å². The van der Waals surface area contributed by atoms with Gasteiger partial charge in [-0.1, -0.05) is 12.2 Å². The molecule has 20 heavy (non-hydrogen) atoms. The molecule has 1 rings (SSSR count). The molecule has 0 aliphatic heterocycles. The molecule has 0 aliphatic carbocycles. The number of nitrogens with two attached hydrogens (primary N) is 1. The monoisotopic (exact) mass is 296 g/mol. The second-order valence-electron chi connectivity index (χ2n) is 4.04. The van der Waals surface area contributed by atoms with E-state index in [4.69, 9.17) is 27.4 Å². The van der Waals surface area contributed by atoms with Crippen molar-refractivity contribution < 1.29 is 19.1 Å². The van der Waals surface area contributed by atoms with Crippen LogP contribution in [0.15, 0.2) is 18.2 Å². The number of ketones is 1. The topological polar surface area (TPSA) is 90.6 Å². The fraction of sp³-hybridized carbons (Fsp3) is 0.308. The van der Waals surface area contributed by atoms with Crippen molar-refractivity contribution in [2.45, 2.75) is 6.92 Å². The van der Waals surface area contributed by atoms with Crippen LogP contribution in [0.2, 0.25) is 0 Å². The van der Waals surface area contributed by atoms with E-state index in [-0.39, 0.29) is 4.99 Å². The molecule has 0 fully saturated rings. The highest BCUT2D eigenvalue weighted by molar-refractivity contribution is 7.80. The number of anilines is 1. The van der Waals surface area contributed by atoms with Crippen molar-refractivity contribution in [3.63, 3.8) is 0 Å². The van der Waals surface area contributed by atoms with Crippen LogP contribution in [-0.2, 0) is 9.59 Å². The average Bonchev–Trinajstić information content (AvgIpc) is 2.37. The van der Waals surface area contributed by atoms with Crippen LogP contribution in [0.5, 0.6) is 11.5 Å². The molecule has 0 aliphatic rings. The van der Waals surface area contributed by atoms with Crippen molar-refractivity contribution in [3.05, 3.63) is 18.2 Å². The molecule has 6 nitrogen and oxygen atoms in total. The van der Waals surface area contributed by atoms with Crippen LogP contribution in [0.4, 0.5) is 5.69 Å². The maximum absolute atomic E-state index is 11.4. The maximum Gasteiger partial charge on any atom is 0.234 e. The Bertz CT molecular complexity index is 509. The summed E-state index contributed by atoms with van der Waals surface area (Å²) >= 11 is 5.05. The number of rotatable bonds is 6. The molecule has 108 valence electrons. The summed E-state index contributed by atoms with van der Waals surface area (Å²) in [6, 6.07) is 5.00. The zero-order valence-electron chi connectivity index (χ0n) is 11.4. The summed E-state index contributed by atoms with van der Waals surface area (Å²) < 4.78 is 10.2. The number of benzene rings is 1. The highest BCUT2D eigenvalue weighted by atomic mass is 32.1. The molecule has 1 aromatic carbocycles. The molecule has 0 saturated carbocycles. The second-order valence-corrected chi connectivity index (χ2v) is 4.48. The Labute approximate surface area is 122 Å². The summed E-state index contributed by atoms with van der Waals surface area (Å²) in [6.07, 6.45) is 0. The number of carbonyl (C=O) groups excluding carboxylic acids is 2. The van der Waals surface area contributed by atoms with Gasteiger partial charge in [0, 0.05) is 23.9 Å². The van der Waals surface area contributed by atoms with E-state index in [0.717, 1.165) is 0 Å². The average molecular weight is 296 g/mol. The lowest BCUT2D eigenvalue weighted by Gasteiger charge is -2.15. The number of carbonyl (C=O) groups is 2. The molecule has 0 bridgehead atoms. The lowest BCUT2D eigenvalue weighted by atomic mass is 10.0. The number of thiocarbonyl (C=S) groups is 1. The molecular formula is C13H16N2O4S. The molecule has 1 unspecified atom stereocenters. The number of Topliss-reactive ketones (excluding diaryl/α,β-unsaturated/α-hetero) is 1. The van der Waals surface area contributed by atoms with Crippen molar-refractivity contribution in [2.24, 2.45) is 11.7 Å². The Hall–Kier alpha value is -2.15. The molecule has 0 heterocycles. The van der Waals surface area contributed by atoms with E-state index < -0.39 is 17.6 Å². The maximum atomic E-state index is 11.4. The Morgan fingerprint density at radius 3 is 2.05 bits per heavy atom. The van der Waals surface area contributed by atoms with Gasteiger partial charge in [-0.3, -0.25) is 9.59 Å². The highest BCUT2D eigenvalue weighted by Crippen LogP contribution is 2.26. The number of methoxy groups -OCH3 is 2. The highest BCUT2D eigenvalue weighted by Gasteiger charge is 2.25. The van der Waals surface area contributed by atoms with E-state index in [0.29, 0.717) is 17.2 Å². The van der Waals surface area contributed by atoms with E-state index >= 15 is 0 Å².